The number of hydrogen-bond acceptors (Lipinski definition) is 7. The average Bonchev–Trinajstić information content (AvgIpc) is 2.76. The van der Waals surface area contributed by atoms with Crippen LogP contribution in [0.15, 0.2) is 40.9 Å². The first kappa shape index (κ1) is 23.6. The molecular weight excluding hydrogens is 476 g/mol. The van der Waals surface area contributed by atoms with E-state index in [-0.39, 0.29) is 52.2 Å². The minimum Gasteiger partial charge on any atom is -0.503 e. The molecule has 0 aromatic heterocycles. The van der Waals surface area contributed by atoms with Gasteiger partial charge < -0.3 is 15.2 Å². The van der Waals surface area contributed by atoms with E-state index >= 15 is 0 Å². The third kappa shape index (κ3) is 6.67. The second kappa shape index (κ2) is 10.9. The number of phenolic OH excluding ortho intramolecular Hbond substituents is 1. The second-order valence-electron chi connectivity index (χ2n) is 6.18. The molecule has 0 unspecified atom stereocenters. The first-order valence-electron chi connectivity index (χ1n) is 8.91. The molecule has 12 heteroatoms. The van der Waals surface area contributed by atoms with Crippen molar-refractivity contribution in [2.45, 2.75) is 12.8 Å². The zero-order valence-corrected chi connectivity index (χ0v) is 17.9. The Bertz CT molecular complexity index is 1010. The van der Waals surface area contributed by atoms with Crippen molar-refractivity contribution in [1.82, 2.24) is 16.2 Å². The molecule has 4 N–H and O–H groups in total. The number of ether oxygens (including phenoxy) is 1. The Kier molecular flexibility index (Phi) is 8.32. The third-order valence-electron chi connectivity index (χ3n) is 4.01. The molecule has 0 aliphatic carbocycles. The predicted octanol–water partition coefficient (Wildman–Crippen LogP) is 2.04. The van der Waals surface area contributed by atoms with Gasteiger partial charge in [-0.15, -0.1) is 0 Å². The molecule has 2 aromatic carbocycles. The number of non-ortho nitro benzene ring substituents is 1. The number of carbonyl (C=O) groups excluding carboxylic acids is 3. The van der Waals surface area contributed by atoms with Crippen LogP contribution in [0.1, 0.15) is 33.6 Å². The summed E-state index contributed by atoms with van der Waals surface area (Å²) in [5.74, 6) is -1.67. The topological polar surface area (TPSA) is 160 Å². The summed E-state index contributed by atoms with van der Waals surface area (Å²) in [7, 11) is 1.34. The number of methoxy groups -OCH3 is 1. The molecule has 0 bridgehead atoms. The molecule has 2 aromatic rings. The number of amides is 3. The Morgan fingerprint density at radius 3 is 2.55 bits per heavy atom. The van der Waals surface area contributed by atoms with Crippen LogP contribution in [0.3, 0.4) is 0 Å². The van der Waals surface area contributed by atoms with E-state index in [1.165, 1.54) is 37.4 Å². The number of carbonyl (C=O) groups is 3. The molecule has 3 amide bonds. The lowest BCUT2D eigenvalue weighted by Gasteiger charge is -2.10. The highest BCUT2D eigenvalue weighted by Crippen LogP contribution is 2.35. The van der Waals surface area contributed by atoms with Crippen LogP contribution in [-0.4, -0.2) is 41.4 Å². The summed E-state index contributed by atoms with van der Waals surface area (Å²) in [6, 6.07) is 7.97. The van der Waals surface area contributed by atoms with E-state index in [0.29, 0.717) is 0 Å². The van der Waals surface area contributed by atoms with E-state index < -0.39 is 22.6 Å². The van der Waals surface area contributed by atoms with E-state index in [0.717, 1.165) is 6.07 Å². The zero-order chi connectivity index (χ0) is 23.0. The summed E-state index contributed by atoms with van der Waals surface area (Å²) in [5, 5.41) is 23.1. The Labute approximate surface area is 185 Å². The summed E-state index contributed by atoms with van der Waals surface area (Å²) in [4.78, 5) is 46.2. The van der Waals surface area contributed by atoms with Gasteiger partial charge in [-0.25, -0.2) is 0 Å². The van der Waals surface area contributed by atoms with Crippen LogP contribution in [0, 0.1) is 10.1 Å². The van der Waals surface area contributed by atoms with Gasteiger partial charge in [0.1, 0.15) is 0 Å². The normalized spacial score (nSPS) is 10.1. The van der Waals surface area contributed by atoms with Crippen LogP contribution in [0.4, 0.5) is 5.69 Å². The van der Waals surface area contributed by atoms with Gasteiger partial charge in [-0.3, -0.25) is 35.3 Å². The van der Waals surface area contributed by atoms with Crippen LogP contribution >= 0.6 is 15.9 Å². The first-order valence-corrected chi connectivity index (χ1v) is 9.70. The number of hydrazine groups is 1. The third-order valence-corrected chi connectivity index (χ3v) is 4.62. The standard InChI is InChI=1S/C19H19BrN4O7/c1-31-15-10-12(9-14(20)17(15)26)19(28)23-22-16(25)6-3-7-21-18(27)11-4-2-5-13(8-11)24(29)30/h2,4-5,8-10,26H,3,6-7H2,1H3,(H,21,27)(H,22,25)(H,23,28). The van der Waals surface area contributed by atoms with Crippen LogP contribution in [-0.2, 0) is 4.79 Å². The molecule has 0 saturated heterocycles. The average molecular weight is 495 g/mol. The first-order chi connectivity index (χ1) is 14.7. The number of aromatic hydroxyl groups is 1. The predicted molar refractivity (Wildman–Crippen MR) is 113 cm³/mol. The van der Waals surface area contributed by atoms with Crippen molar-refractivity contribution >= 4 is 39.3 Å². The lowest BCUT2D eigenvalue weighted by molar-refractivity contribution is -0.384. The van der Waals surface area contributed by atoms with Crippen molar-refractivity contribution in [3.05, 3.63) is 62.1 Å². The van der Waals surface area contributed by atoms with Gasteiger partial charge >= 0.3 is 0 Å². The van der Waals surface area contributed by atoms with E-state index in [1.54, 1.807) is 0 Å². The van der Waals surface area contributed by atoms with Crippen molar-refractivity contribution in [3.63, 3.8) is 0 Å². The van der Waals surface area contributed by atoms with Gasteiger partial charge in [0, 0.05) is 36.2 Å². The van der Waals surface area contributed by atoms with Gasteiger partial charge in [-0.2, -0.15) is 0 Å². The summed E-state index contributed by atoms with van der Waals surface area (Å²) in [6.45, 7) is 0.158. The highest BCUT2D eigenvalue weighted by atomic mass is 79.9. The Hall–Kier alpha value is -3.67. The van der Waals surface area contributed by atoms with Gasteiger partial charge in [-0.05, 0) is 40.5 Å². The second-order valence-corrected chi connectivity index (χ2v) is 7.03. The molecule has 0 radical (unpaired) electrons. The molecule has 0 heterocycles. The van der Waals surface area contributed by atoms with E-state index in [4.69, 9.17) is 4.74 Å². The number of benzene rings is 2. The van der Waals surface area contributed by atoms with Gasteiger partial charge in [0.25, 0.3) is 17.5 Å². The maximum atomic E-state index is 12.1. The van der Waals surface area contributed by atoms with Gasteiger partial charge in [0.2, 0.25) is 5.91 Å². The SMILES string of the molecule is COc1cc(C(=O)NNC(=O)CCCNC(=O)c2cccc([N+](=O)[O-])c2)cc(Br)c1O. The highest BCUT2D eigenvalue weighted by molar-refractivity contribution is 9.10. The number of hydrogen-bond donors (Lipinski definition) is 4. The molecule has 0 aliphatic rings. The lowest BCUT2D eigenvalue weighted by atomic mass is 10.2. The van der Waals surface area contributed by atoms with Crippen LogP contribution in [0.2, 0.25) is 0 Å². The molecule has 164 valence electrons. The monoisotopic (exact) mass is 494 g/mol. The largest absolute Gasteiger partial charge is 0.503 e. The molecule has 0 spiro atoms. The molecule has 0 atom stereocenters. The van der Waals surface area contributed by atoms with Crippen molar-refractivity contribution in [2.24, 2.45) is 0 Å². The van der Waals surface area contributed by atoms with Crippen molar-refractivity contribution in [1.29, 1.82) is 0 Å². The Morgan fingerprint density at radius 2 is 1.87 bits per heavy atom. The van der Waals surface area contributed by atoms with Gasteiger partial charge in [-0.1, -0.05) is 6.07 Å². The maximum absolute atomic E-state index is 12.1. The Balaban J connectivity index is 1.76. The van der Waals surface area contributed by atoms with E-state index in [1.807, 2.05) is 0 Å². The van der Waals surface area contributed by atoms with Crippen molar-refractivity contribution in [3.8, 4) is 11.5 Å². The fourth-order valence-electron chi connectivity index (χ4n) is 2.44. The zero-order valence-electron chi connectivity index (χ0n) is 16.3. The fraction of sp³-hybridized carbons (Fsp3) is 0.211. The number of nitrogens with one attached hydrogen (secondary N) is 3. The van der Waals surface area contributed by atoms with Crippen LogP contribution < -0.4 is 20.9 Å². The summed E-state index contributed by atoms with van der Waals surface area (Å²) in [6.07, 6.45) is 0.291. The number of nitro groups is 1. The minimum atomic E-state index is -0.619. The fourth-order valence-corrected chi connectivity index (χ4v) is 2.88. The minimum absolute atomic E-state index is 0.0120. The van der Waals surface area contributed by atoms with Crippen molar-refractivity contribution < 1.29 is 29.2 Å². The summed E-state index contributed by atoms with van der Waals surface area (Å²) < 4.78 is 5.21. The number of nitro benzene ring substituents is 1. The maximum Gasteiger partial charge on any atom is 0.270 e. The molecule has 0 aliphatic heterocycles. The quantitative estimate of drug-likeness (QED) is 0.248. The van der Waals surface area contributed by atoms with Crippen LogP contribution in [0.5, 0.6) is 11.5 Å². The van der Waals surface area contributed by atoms with Gasteiger partial charge in [0.15, 0.2) is 11.5 Å². The summed E-state index contributed by atoms with van der Waals surface area (Å²) >= 11 is 3.10. The Morgan fingerprint density at radius 1 is 1.13 bits per heavy atom. The van der Waals surface area contributed by atoms with E-state index in [2.05, 4.69) is 32.1 Å². The summed E-state index contributed by atoms with van der Waals surface area (Å²) in [5.41, 5.74) is 4.58. The number of halogens is 1. The smallest absolute Gasteiger partial charge is 0.270 e. The lowest BCUT2D eigenvalue weighted by Crippen LogP contribution is -2.41. The molecule has 2 rings (SSSR count). The number of nitrogens with zero attached hydrogens (tertiary/aromatic N) is 1. The highest BCUT2D eigenvalue weighted by Gasteiger charge is 2.15. The van der Waals surface area contributed by atoms with E-state index in [9.17, 15) is 29.6 Å². The van der Waals surface area contributed by atoms with Crippen LogP contribution in [0.25, 0.3) is 0 Å². The molecule has 31 heavy (non-hydrogen) atoms. The number of phenols is 1. The molecule has 11 nitrogen and oxygen atoms in total. The van der Waals surface area contributed by atoms with Crippen molar-refractivity contribution in [2.75, 3.05) is 13.7 Å². The molecular formula is C19H19BrN4O7. The van der Waals surface area contributed by atoms with Gasteiger partial charge in [0.05, 0.1) is 16.5 Å². The molecule has 0 fully saturated rings. The number of rotatable bonds is 8. The molecule has 0 saturated carbocycles.